The zero-order chi connectivity index (χ0) is 23.7. The number of aromatic nitrogens is 2. The quantitative estimate of drug-likeness (QED) is 0.384. The van der Waals surface area contributed by atoms with Gasteiger partial charge in [-0.05, 0) is 55.8 Å². The first-order valence-electron chi connectivity index (χ1n) is 10.1. The number of hydrogen-bond acceptors (Lipinski definition) is 4. The van der Waals surface area contributed by atoms with Gasteiger partial charge in [0.05, 0.1) is 35.3 Å². The molecule has 3 aromatic carbocycles. The van der Waals surface area contributed by atoms with Gasteiger partial charge in [-0.1, -0.05) is 18.2 Å². The van der Waals surface area contributed by atoms with Crippen molar-refractivity contribution >= 4 is 17.5 Å². The molecule has 0 fully saturated rings. The van der Waals surface area contributed by atoms with Crippen LogP contribution in [0, 0.1) is 25.5 Å². The standard InChI is InChI=1S/C25H21F2N3O3/c1-14-6-4-5-7-22(14)30-24(28-21-11-9-17(33-3)13-19(21)25(31)32)23(15(2)29-30)18-10-8-16(26)12-20(18)27/h4-13,28H,1-3H3,(H,31,32). The molecule has 2 N–H and O–H groups in total. The summed E-state index contributed by atoms with van der Waals surface area (Å²) in [5, 5.41) is 17.5. The van der Waals surface area contributed by atoms with Crippen molar-refractivity contribution in [2.45, 2.75) is 13.8 Å². The molecule has 0 atom stereocenters. The second kappa shape index (κ2) is 8.74. The third kappa shape index (κ3) is 4.15. The van der Waals surface area contributed by atoms with E-state index in [1.807, 2.05) is 31.2 Å². The van der Waals surface area contributed by atoms with E-state index >= 15 is 0 Å². The van der Waals surface area contributed by atoms with Crippen molar-refractivity contribution in [3.05, 3.63) is 89.1 Å². The Labute approximate surface area is 189 Å². The number of para-hydroxylation sites is 1. The predicted octanol–water partition coefficient (Wildman–Crippen LogP) is 5.88. The monoisotopic (exact) mass is 449 g/mol. The third-order valence-corrected chi connectivity index (χ3v) is 5.31. The number of hydrogen-bond donors (Lipinski definition) is 2. The number of carbonyl (C=O) groups is 1. The maximum atomic E-state index is 14.8. The second-order valence-electron chi connectivity index (χ2n) is 7.47. The van der Waals surface area contributed by atoms with E-state index < -0.39 is 17.6 Å². The number of carboxylic acids is 1. The number of carboxylic acid groups (broad SMARTS) is 1. The Morgan fingerprint density at radius 1 is 1.06 bits per heavy atom. The van der Waals surface area contributed by atoms with E-state index in [2.05, 4.69) is 10.4 Å². The number of rotatable bonds is 6. The van der Waals surface area contributed by atoms with Crippen LogP contribution in [0.5, 0.6) is 5.75 Å². The Morgan fingerprint density at radius 2 is 1.82 bits per heavy atom. The SMILES string of the molecule is COc1ccc(Nc2c(-c3ccc(F)cc3F)c(C)nn2-c2ccccc2C)c(C(=O)O)c1. The number of anilines is 2. The maximum Gasteiger partial charge on any atom is 0.337 e. The number of nitrogens with one attached hydrogen (secondary N) is 1. The van der Waals surface area contributed by atoms with Crippen LogP contribution in [0.1, 0.15) is 21.6 Å². The second-order valence-corrected chi connectivity index (χ2v) is 7.47. The fraction of sp³-hybridized carbons (Fsp3) is 0.120. The van der Waals surface area contributed by atoms with Crippen LogP contribution in [0.25, 0.3) is 16.8 Å². The lowest BCUT2D eigenvalue weighted by molar-refractivity contribution is 0.0697. The molecule has 1 heterocycles. The molecule has 168 valence electrons. The van der Waals surface area contributed by atoms with Crippen LogP contribution in [0.4, 0.5) is 20.3 Å². The fourth-order valence-corrected chi connectivity index (χ4v) is 3.70. The molecule has 0 aliphatic heterocycles. The van der Waals surface area contributed by atoms with Crippen molar-refractivity contribution in [2.75, 3.05) is 12.4 Å². The number of aromatic carboxylic acids is 1. The number of benzene rings is 3. The zero-order valence-electron chi connectivity index (χ0n) is 18.2. The Kier molecular flexibility index (Phi) is 5.83. The van der Waals surface area contributed by atoms with Gasteiger partial charge in [-0.15, -0.1) is 0 Å². The lowest BCUT2D eigenvalue weighted by atomic mass is 10.0. The lowest BCUT2D eigenvalue weighted by Crippen LogP contribution is -2.08. The van der Waals surface area contributed by atoms with Crippen LogP contribution >= 0.6 is 0 Å². The lowest BCUT2D eigenvalue weighted by Gasteiger charge is -2.16. The molecule has 1 aromatic heterocycles. The van der Waals surface area contributed by atoms with Gasteiger partial charge in [0.15, 0.2) is 0 Å². The van der Waals surface area contributed by atoms with Gasteiger partial charge in [0.25, 0.3) is 0 Å². The molecule has 0 amide bonds. The van der Waals surface area contributed by atoms with E-state index in [0.717, 1.165) is 17.3 Å². The smallest absolute Gasteiger partial charge is 0.337 e. The predicted molar refractivity (Wildman–Crippen MR) is 122 cm³/mol. The summed E-state index contributed by atoms with van der Waals surface area (Å²) in [5.74, 6) is -1.88. The Morgan fingerprint density at radius 3 is 2.48 bits per heavy atom. The van der Waals surface area contributed by atoms with Gasteiger partial charge in [-0.25, -0.2) is 18.3 Å². The zero-order valence-corrected chi connectivity index (χ0v) is 18.2. The summed E-state index contributed by atoms with van der Waals surface area (Å²) in [6, 6.07) is 15.4. The van der Waals surface area contributed by atoms with Gasteiger partial charge in [0.1, 0.15) is 23.2 Å². The van der Waals surface area contributed by atoms with Crippen LogP contribution in [-0.2, 0) is 0 Å². The fourth-order valence-electron chi connectivity index (χ4n) is 3.70. The van der Waals surface area contributed by atoms with E-state index in [9.17, 15) is 18.7 Å². The van der Waals surface area contributed by atoms with E-state index in [-0.39, 0.29) is 16.8 Å². The van der Waals surface area contributed by atoms with Gasteiger partial charge in [0, 0.05) is 11.6 Å². The molecule has 0 spiro atoms. The first kappa shape index (κ1) is 22.0. The first-order valence-corrected chi connectivity index (χ1v) is 10.1. The highest BCUT2D eigenvalue weighted by atomic mass is 19.1. The van der Waals surface area contributed by atoms with E-state index in [1.54, 1.807) is 23.7 Å². The minimum Gasteiger partial charge on any atom is -0.497 e. The summed E-state index contributed by atoms with van der Waals surface area (Å²) in [4.78, 5) is 11.9. The van der Waals surface area contributed by atoms with Crippen LogP contribution in [0.2, 0.25) is 0 Å². The summed E-state index contributed by atoms with van der Waals surface area (Å²) >= 11 is 0. The summed E-state index contributed by atoms with van der Waals surface area (Å²) in [7, 11) is 1.44. The number of methoxy groups -OCH3 is 1. The number of halogens is 2. The maximum absolute atomic E-state index is 14.8. The minimum atomic E-state index is -1.16. The summed E-state index contributed by atoms with van der Waals surface area (Å²) < 4.78 is 35.2. The Hall–Kier alpha value is -4.20. The van der Waals surface area contributed by atoms with E-state index in [1.165, 1.54) is 25.3 Å². The Bertz CT molecular complexity index is 1370. The highest BCUT2D eigenvalue weighted by Gasteiger charge is 2.23. The molecule has 0 aliphatic rings. The third-order valence-electron chi connectivity index (χ3n) is 5.31. The minimum absolute atomic E-state index is 0.0323. The molecule has 0 aliphatic carbocycles. The molecule has 8 heteroatoms. The number of ether oxygens (including phenoxy) is 1. The number of aryl methyl sites for hydroxylation is 2. The highest BCUT2D eigenvalue weighted by Crippen LogP contribution is 2.38. The van der Waals surface area contributed by atoms with Crippen molar-refractivity contribution in [1.29, 1.82) is 0 Å². The van der Waals surface area contributed by atoms with Gasteiger partial charge in [-0.2, -0.15) is 5.10 Å². The van der Waals surface area contributed by atoms with Crippen LogP contribution in [0.15, 0.2) is 60.7 Å². The van der Waals surface area contributed by atoms with Gasteiger partial charge < -0.3 is 15.2 Å². The van der Waals surface area contributed by atoms with Crippen LogP contribution in [-0.4, -0.2) is 28.0 Å². The summed E-state index contributed by atoms with van der Waals surface area (Å²) in [5.41, 5.74) is 2.88. The molecule has 0 bridgehead atoms. The van der Waals surface area contributed by atoms with Crippen molar-refractivity contribution in [1.82, 2.24) is 9.78 Å². The molecule has 0 unspecified atom stereocenters. The van der Waals surface area contributed by atoms with Crippen molar-refractivity contribution in [2.24, 2.45) is 0 Å². The summed E-state index contributed by atoms with van der Waals surface area (Å²) in [6.45, 7) is 3.62. The van der Waals surface area contributed by atoms with E-state index in [4.69, 9.17) is 4.74 Å². The average molecular weight is 449 g/mol. The molecular formula is C25H21F2N3O3. The molecule has 0 saturated heterocycles. The largest absolute Gasteiger partial charge is 0.497 e. The van der Waals surface area contributed by atoms with E-state index in [0.29, 0.717) is 22.8 Å². The molecule has 6 nitrogen and oxygen atoms in total. The van der Waals surface area contributed by atoms with Gasteiger partial charge >= 0.3 is 5.97 Å². The molecule has 0 saturated carbocycles. The topological polar surface area (TPSA) is 76.4 Å². The first-order chi connectivity index (χ1) is 15.8. The number of nitrogens with zero attached hydrogens (tertiary/aromatic N) is 2. The van der Waals surface area contributed by atoms with Crippen molar-refractivity contribution < 1.29 is 23.4 Å². The highest BCUT2D eigenvalue weighted by molar-refractivity contribution is 5.96. The molecule has 33 heavy (non-hydrogen) atoms. The molecule has 4 aromatic rings. The Balaban J connectivity index is 1.98. The van der Waals surface area contributed by atoms with Gasteiger partial charge in [-0.3, -0.25) is 0 Å². The molecule has 0 radical (unpaired) electrons. The normalized spacial score (nSPS) is 10.8. The molecule has 4 rings (SSSR count). The van der Waals surface area contributed by atoms with Crippen LogP contribution in [0.3, 0.4) is 0 Å². The average Bonchev–Trinajstić information content (AvgIpc) is 3.09. The summed E-state index contributed by atoms with van der Waals surface area (Å²) in [6.07, 6.45) is 0. The van der Waals surface area contributed by atoms with Crippen LogP contribution < -0.4 is 10.1 Å². The van der Waals surface area contributed by atoms with Crippen molar-refractivity contribution in [3.8, 4) is 22.6 Å². The molecular weight excluding hydrogens is 428 g/mol. The van der Waals surface area contributed by atoms with Crippen molar-refractivity contribution in [3.63, 3.8) is 0 Å². The van der Waals surface area contributed by atoms with Gasteiger partial charge in [0.2, 0.25) is 0 Å².